The average molecular weight is 374 g/mol. The van der Waals surface area contributed by atoms with E-state index in [9.17, 15) is 9.59 Å². The van der Waals surface area contributed by atoms with E-state index >= 15 is 0 Å². The number of carbonyl (C=O) groups is 2. The molecule has 0 aliphatic heterocycles. The normalized spacial score (nSPS) is 14.4. The lowest BCUT2D eigenvalue weighted by Gasteiger charge is -2.12. The Morgan fingerprint density at radius 2 is 2.04 bits per heavy atom. The molecule has 2 N–H and O–H groups in total. The van der Waals surface area contributed by atoms with E-state index in [1.54, 1.807) is 4.68 Å². The topological polar surface area (TPSA) is 102 Å². The molecule has 1 aliphatic carbocycles. The quantitative estimate of drug-likeness (QED) is 0.778. The van der Waals surface area contributed by atoms with E-state index in [0.717, 1.165) is 42.5 Å². The lowest BCUT2D eigenvalue weighted by molar-refractivity contribution is -0.117. The van der Waals surface area contributed by atoms with E-state index < -0.39 is 6.03 Å². The van der Waals surface area contributed by atoms with Crippen molar-refractivity contribution in [2.45, 2.75) is 50.7 Å². The first-order chi connectivity index (χ1) is 12.5. The maximum Gasteiger partial charge on any atom is 0.321 e. The Kier molecular flexibility index (Phi) is 5.87. The van der Waals surface area contributed by atoms with Gasteiger partial charge in [-0.15, -0.1) is 5.10 Å². The largest absolute Gasteiger partial charge is 0.335 e. The molecule has 138 valence electrons. The zero-order valence-electron chi connectivity index (χ0n) is 14.9. The minimum Gasteiger partial charge on any atom is -0.335 e. The lowest BCUT2D eigenvalue weighted by atomic mass is 10.1. The number of hydrogen-bond donors (Lipinski definition) is 2. The van der Waals surface area contributed by atoms with Crippen LogP contribution in [0.5, 0.6) is 0 Å². The van der Waals surface area contributed by atoms with Crippen LogP contribution in [0.2, 0.25) is 0 Å². The first-order valence-corrected chi connectivity index (χ1v) is 9.60. The van der Waals surface area contributed by atoms with Gasteiger partial charge in [-0.05, 0) is 54.3 Å². The number of carbonyl (C=O) groups excluding carboxylic acids is 2. The molecule has 0 bridgehead atoms. The Morgan fingerprint density at radius 1 is 1.27 bits per heavy atom. The molecule has 1 aliphatic rings. The van der Waals surface area contributed by atoms with E-state index in [4.69, 9.17) is 0 Å². The van der Waals surface area contributed by atoms with Crippen molar-refractivity contribution < 1.29 is 9.59 Å². The van der Waals surface area contributed by atoms with Crippen molar-refractivity contribution in [1.29, 1.82) is 0 Å². The first-order valence-electron chi connectivity index (χ1n) is 8.62. The van der Waals surface area contributed by atoms with Crippen LogP contribution < -0.4 is 10.6 Å². The van der Waals surface area contributed by atoms with Gasteiger partial charge >= 0.3 is 6.03 Å². The SMILES string of the molecule is Cc1ccc(C)c(-n2nnnc2SCC(=O)NC(=O)NC2CCCC2)c1. The van der Waals surface area contributed by atoms with Crippen molar-refractivity contribution in [1.82, 2.24) is 30.8 Å². The fraction of sp³-hybridized carbons (Fsp3) is 0.471. The molecular weight excluding hydrogens is 352 g/mol. The second-order valence-electron chi connectivity index (χ2n) is 6.45. The third kappa shape index (κ3) is 4.60. The summed E-state index contributed by atoms with van der Waals surface area (Å²) in [6, 6.07) is 5.75. The van der Waals surface area contributed by atoms with Crippen LogP contribution in [0, 0.1) is 13.8 Å². The predicted molar refractivity (Wildman–Crippen MR) is 98.3 cm³/mol. The van der Waals surface area contributed by atoms with Crippen LogP contribution in [-0.2, 0) is 4.79 Å². The van der Waals surface area contributed by atoms with Crippen molar-refractivity contribution in [3.8, 4) is 5.69 Å². The molecule has 3 rings (SSSR count). The minimum absolute atomic E-state index is 0.0589. The molecule has 9 heteroatoms. The number of tetrazole rings is 1. The molecular formula is C17H22N6O2S. The van der Waals surface area contributed by atoms with Crippen molar-refractivity contribution in [3.63, 3.8) is 0 Å². The molecule has 0 unspecified atom stereocenters. The van der Waals surface area contributed by atoms with Crippen LogP contribution in [0.1, 0.15) is 36.8 Å². The van der Waals surface area contributed by atoms with Crippen molar-refractivity contribution in [2.24, 2.45) is 0 Å². The Morgan fingerprint density at radius 3 is 2.81 bits per heavy atom. The third-order valence-corrected chi connectivity index (χ3v) is 5.23. The summed E-state index contributed by atoms with van der Waals surface area (Å²) in [6.45, 7) is 3.97. The maximum absolute atomic E-state index is 12.0. The molecule has 0 spiro atoms. The maximum atomic E-state index is 12.0. The molecule has 0 saturated heterocycles. The summed E-state index contributed by atoms with van der Waals surface area (Å²) >= 11 is 1.19. The number of amides is 3. The number of imide groups is 1. The van der Waals surface area contributed by atoms with Crippen LogP contribution in [0.25, 0.3) is 5.69 Å². The summed E-state index contributed by atoms with van der Waals surface area (Å²) < 4.78 is 1.61. The number of urea groups is 1. The molecule has 1 heterocycles. The smallest absolute Gasteiger partial charge is 0.321 e. The second kappa shape index (κ2) is 8.31. The van der Waals surface area contributed by atoms with E-state index in [1.807, 2.05) is 32.0 Å². The molecule has 8 nitrogen and oxygen atoms in total. The van der Waals surface area contributed by atoms with Crippen molar-refractivity contribution in [3.05, 3.63) is 29.3 Å². The van der Waals surface area contributed by atoms with Gasteiger partial charge in [0.1, 0.15) is 0 Å². The summed E-state index contributed by atoms with van der Waals surface area (Å²) in [5.41, 5.74) is 3.00. The Labute approximate surface area is 156 Å². The molecule has 2 aromatic rings. The molecule has 26 heavy (non-hydrogen) atoms. The van der Waals surface area contributed by atoms with Crippen LogP contribution in [0.15, 0.2) is 23.4 Å². The van der Waals surface area contributed by atoms with Crippen LogP contribution in [-0.4, -0.2) is 43.9 Å². The molecule has 0 atom stereocenters. The molecule has 1 aromatic carbocycles. The highest BCUT2D eigenvalue weighted by molar-refractivity contribution is 7.99. The monoisotopic (exact) mass is 374 g/mol. The Bertz CT molecular complexity index is 800. The van der Waals surface area contributed by atoms with Crippen molar-refractivity contribution >= 4 is 23.7 Å². The number of thioether (sulfide) groups is 1. The molecule has 1 fully saturated rings. The van der Waals surface area contributed by atoms with E-state index in [1.165, 1.54) is 11.8 Å². The van der Waals surface area contributed by atoms with Gasteiger partial charge in [0.15, 0.2) is 0 Å². The third-order valence-electron chi connectivity index (χ3n) is 4.31. The fourth-order valence-electron chi connectivity index (χ4n) is 2.95. The lowest BCUT2D eigenvalue weighted by Crippen LogP contribution is -2.44. The first kappa shape index (κ1) is 18.4. The second-order valence-corrected chi connectivity index (χ2v) is 7.40. The van der Waals surface area contributed by atoms with Gasteiger partial charge < -0.3 is 5.32 Å². The van der Waals surface area contributed by atoms with Crippen LogP contribution >= 0.6 is 11.8 Å². The zero-order chi connectivity index (χ0) is 18.5. The highest BCUT2D eigenvalue weighted by atomic mass is 32.2. The summed E-state index contributed by atoms with van der Waals surface area (Å²) in [5.74, 6) is -0.315. The van der Waals surface area contributed by atoms with Crippen LogP contribution in [0.3, 0.4) is 0 Å². The zero-order valence-corrected chi connectivity index (χ0v) is 15.7. The Hall–Kier alpha value is -2.42. The summed E-state index contributed by atoms with van der Waals surface area (Å²) in [4.78, 5) is 23.9. The molecule has 3 amide bonds. The van der Waals surface area contributed by atoms with Gasteiger partial charge in [-0.2, -0.15) is 4.68 Å². The van der Waals surface area contributed by atoms with Gasteiger partial charge in [-0.25, -0.2) is 4.79 Å². The van der Waals surface area contributed by atoms with E-state index in [-0.39, 0.29) is 17.7 Å². The van der Waals surface area contributed by atoms with Gasteiger partial charge in [0, 0.05) is 6.04 Å². The standard InChI is InChI=1S/C17H22N6O2S/c1-11-7-8-12(2)14(9-11)23-17(20-21-22-23)26-10-15(24)19-16(25)18-13-5-3-4-6-13/h7-9,13H,3-6,10H2,1-2H3,(H2,18,19,24,25). The van der Waals surface area contributed by atoms with Gasteiger partial charge in [0.25, 0.3) is 0 Å². The minimum atomic E-state index is -0.434. The summed E-state index contributed by atoms with van der Waals surface area (Å²) in [7, 11) is 0. The number of hydrogen-bond acceptors (Lipinski definition) is 6. The highest BCUT2D eigenvalue weighted by Gasteiger charge is 2.19. The van der Waals surface area contributed by atoms with E-state index in [2.05, 4.69) is 26.2 Å². The van der Waals surface area contributed by atoms with Gasteiger partial charge in [0.2, 0.25) is 11.1 Å². The molecule has 1 aromatic heterocycles. The average Bonchev–Trinajstić information content (AvgIpc) is 3.26. The number of nitrogens with zero attached hydrogens (tertiary/aromatic N) is 4. The predicted octanol–water partition coefficient (Wildman–Crippen LogP) is 2.14. The van der Waals surface area contributed by atoms with Gasteiger partial charge in [0.05, 0.1) is 11.4 Å². The number of rotatable bonds is 5. The number of benzene rings is 1. The van der Waals surface area contributed by atoms with Crippen molar-refractivity contribution in [2.75, 3.05) is 5.75 Å². The number of nitrogens with one attached hydrogen (secondary N) is 2. The van der Waals surface area contributed by atoms with Crippen LogP contribution in [0.4, 0.5) is 4.79 Å². The van der Waals surface area contributed by atoms with E-state index in [0.29, 0.717) is 5.16 Å². The Balaban J connectivity index is 1.57. The van der Waals surface area contributed by atoms with Gasteiger partial charge in [-0.3, -0.25) is 10.1 Å². The highest BCUT2D eigenvalue weighted by Crippen LogP contribution is 2.21. The number of aryl methyl sites for hydroxylation is 2. The fourth-order valence-corrected chi connectivity index (χ4v) is 3.64. The summed E-state index contributed by atoms with van der Waals surface area (Å²) in [6.07, 6.45) is 4.19. The molecule has 1 saturated carbocycles. The number of aromatic nitrogens is 4. The summed E-state index contributed by atoms with van der Waals surface area (Å²) in [5, 5.41) is 17.4. The molecule has 0 radical (unpaired) electrons. The van der Waals surface area contributed by atoms with Gasteiger partial charge in [-0.1, -0.05) is 36.7 Å².